The predicted octanol–water partition coefficient (Wildman–Crippen LogP) is 0.479. The van der Waals surface area contributed by atoms with Crippen LogP contribution in [-0.2, 0) is 6.42 Å². The van der Waals surface area contributed by atoms with Gasteiger partial charge in [-0.15, -0.1) is 6.42 Å². The lowest BCUT2D eigenvalue weighted by atomic mass is 10.1. The fraction of sp³-hybridized carbons (Fsp3) is 0.300. The monoisotopic (exact) mass is 175 g/mol. The smallest absolute Gasteiger partial charge is 0.0818 e. The van der Waals surface area contributed by atoms with Crippen molar-refractivity contribution < 1.29 is 0 Å². The third-order valence-corrected chi connectivity index (χ3v) is 1.85. The van der Waals surface area contributed by atoms with Gasteiger partial charge in [-0.05, 0) is 24.5 Å². The summed E-state index contributed by atoms with van der Waals surface area (Å²) < 4.78 is 0. The third kappa shape index (κ3) is 3.24. The van der Waals surface area contributed by atoms with Gasteiger partial charge >= 0.3 is 0 Å². The highest BCUT2D eigenvalue weighted by Gasteiger charge is 2.01. The van der Waals surface area contributed by atoms with E-state index in [1.54, 1.807) is 6.20 Å². The number of aryl methyl sites for hydroxylation is 1. The van der Waals surface area contributed by atoms with Gasteiger partial charge in [-0.1, -0.05) is 12.0 Å². The van der Waals surface area contributed by atoms with Gasteiger partial charge in [0.2, 0.25) is 0 Å². The number of rotatable bonds is 4. The summed E-state index contributed by atoms with van der Waals surface area (Å²) in [6.45, 7) is 0. The van der Waals surface area contributed by atoms with E-state index in [4.69, 9.17) is 12.3 Å². The predicted molar refractivity (Wildman–Crippen MR) is 52.5 cm³/mol. The third-order valence-electron chi connectivity index (χ3n) is 1.85. The molecule has 1 unspecified atom stereocenters. The van der Waals surface area contributed by atoms with Crippen LogP contribution in [0.1, 0.15) is 12.0 Å². The van der Waals surface area contributed by atoms with Crippen molar-refractivity contribution in [2.75, 3.05) is 0 Å². The molecule has 0 saturated heterocycles. The zero-order valence-corrected chi connectivity index (χ0v) is 7.40. The molecule has 0 fully saturated rings. The van der Waals surface area contributed by atoms with E-state index in [0.29, 0.717) is 0 Å². The number of terminal acetylenes is 1. The number of pyridine rings is 1. The maximum absolute atomic E-state index is 5.24. The van der Waals surface area contributed by atoms with Crippen molar-refractivity contribution in [3.8, 4) is 12.3 Å². The Labute approximate surface area is 78.3 Å². The van der Waals surface area contributed by atoms with E-state index in [1.165, 1.54) is 5.56 Å². The standard InChI is InChI=1S/C10H13N3/c1-2-10(13-11)6-5-9-4-3-7-12-8-9/h1,3-4,7-8,10,13H,5-6,11H2. The van der Waals surface area contributed by atoms with Gasteiger partial charge in [0.15, 0.2) is 0 Å². The maximum atomic E-state index is 5.24. The Bertz CT molecular complexity index is 276. The summed E-state index contributed by atoms with van der Waals surface area (Å²) in [5, 5.41) is 0. The van der Waals surface area contributed by atoms with E-state index < -0.39 is 0 Å². The van der Waals surface area contributed by atoms with Crippen LogP contribution in [0.4, 0.5) is 0 Å². The minimum absolute atomic E-state index is 0.0554. The molecule has 0 aromatic carbocycles. The molecular weight excluding hydrogens is 162 g/mol. The lowest BCUT2D eigenvalue weighted by molar-refractivity contribution is 0.592. The number of hydrazine groups is 1. The second-order valence-electron chi connectivity index (χ2n) is 2.79. The number of hydrogen-bond acceptors (Lipinski definition) is 3. The number of nitrogens with two attached hydrogens (primary N) is 1. The first kappa shape index (κ1) is 9.72. The molecule has 0 bridgehead atoms. The highest BCUT2D eigenvalue weighted by Crippen LogP contribution is 2.02. The van der Waals surface area contributed by atoms with Crippen LogP contribution >= 0.6 is 0 Å². The average molecular weight is 175 g/mol. The van der Waals surface area contributed by atoms with Gasteiger partial charge in [-0.2, -0.15) is 0 Å². The average Bonchev–Trinajstić information content (AvgIpc) is 2.21. The van der Waals surface area contributed by atoms with E-state index in [2.05, 4.69) is 16.3 Å². The summed E-state index contributed by atoms with van der Waals surface area (Å²) in [4.78, 5) is 4.01. The maximum Gasteiger partial charge on any atom is 0.0818 e. The van der Waals surface area contributed by atoms with Crippen LogP contribution < -0.4 is 11.3 Å². The van der Waals surface area contributed by atoms with Gasteiger partial charge in [0.25, 0.3) is 0 Å². The molecule has 3 nitrogen and oxygen atoms in total. The molecule has 13 heavy (non-hydrogen) atoms. The molecule has 0 spiro atoms. The Morgan fingerprint density at radius 1 is 1.69 bits per heavy atom. The molecule has 1 atom stereocenters. The van der Waals surface area contributed by atoms with E-state index in [9.17, 15) is 0 Å². The molecule has 68 valence electrons. The van der Waals surface area contributed by atoms with Crippen LogP contribution in [-0.4, -0.2) is 11.0 Å². The van der Waals surface area contributed by atoms with Gasteiger partial charge in [-0.3, -0.25) is 10.8 Å². The number of aromatic nitrogens is 1. The summed E-state index contributed by atoms with van der Waals surface area (Å²) in [6, 6.07) is 3.88. The van der Waals surface area contributed by atoms with Gasteiger partial charge in [0.05, 0.1) is 6.04 Å². The lowest BCUT2D eigenvalue weighted by Gasteiger charge is -2.07. The summed E-state index contributed by atoms with van der Waals surface area (Å²) in [7, 11) is 0. The Morgan fingerprint density at radius 2 is 2.54 bits per heavy atom. The number of nitrogens with zero attached hydrogens (tertiary/aromatic N) is 1. The zero-order valence-electron chi connectivity index (χ0n) is 7.40. The Morgan fingerprint density at radius 3 is 3.08 bits per heavy atom. The van der Waals surface area contributed by atoms with Gasteiger partial charge in [-0.25, -0.2) is 5.43 Å². The topological polar surface area (TPSA) is 50.9 Å². The molecule has 0 amide bonds. The summed E-state index contributed by atoms with van der Waals surface area (Å²) in [6.07, 6.45) is 10.6. The van der Waals surface area contributed by atoms with Crippen LogP contribution in [0.3, 0.4) is 0 Å². The zero-order chi connectivity index (χ0) is 9.52. The quantitative estimate of drug-likeness (QED) is 0.397. The van der Waals surface area contributed by atoms with Crippen molar-refractivity contribution in [2.45, 2.75) is 18.9 Å². The first-order valence-corrected chi connectivity index (χ1v) is 4.18. The van der Waals surface area contributed by atoms with Crippen molar-refractivity contribution in [1.29, 1.82) is 0 Å². The van der Waals surface area contributed by atoms with Gasteiger partial charge in [0, 0.05) is 12.4 Å². The molecule has 0 saturated carbocycles. The Kier molecular flexibility index (Phi) is 3.97. The summed E-state index contributed by atoms with van der Waals surface area (Å²) in [5.41, 5.74) is 3.74. The van der Waals surface area contributed by atoms with Crippen LogP contribution in [0, 0.1) is 12.3 Å². The van der Waals surface area contributed by atoms with Crippen LogP contribution in [0.15, 0.2) is 24.5 Å². The number of nitrogens with one attached hydrogen (secondary N) is 1. The normalized spacial score (nSPS) is 12.0. The van der Waals surface area contributed by atoms with E-state index in [-0.39, 0.29) is 6.04 Å². The molecular formula is C10H13N3. The van der Waals surface area contributed by atoms with E-state index in [1.807, 2.05) is 18.3 Å². The Balaban J connectivity index is 2.40. The summed E-state index contributed by atoms with van der Waals surface area (Å²) >= 11 is 0. The molecule has 0 aliphatic carbocycles. The lowest BCUT2D eigenvalue weighted by Crippen LogP contribution is -2.34. The minimum atomic E-state index is -0.0554. The second-order valence-corrected chi connectivity index (χ2v) is 2.79. The molecule has 0 aliphatic rings. The van der Waals surface area contributed by atoms with Gasteiger partial charge in [0.1, 0.15) is 0 Å². The first-order valence-electron chi connectivity index (χ1n) is 4.18. The fourth-order valence-corrected chi connectivity index (χ4v) is 1.07. The molecule has 1 aromatic rings. The molecule has 1 rings (SSSR count). The molecule has 3 N–H and O–H groups in total. The largest absolute Gasteiger partial charge is 0.270 e. The van der Waals surface area contributed by atoms with Crippen molar-refractivity contribution >= 4 is 0 Å². The Hall–Kier alpha value is -1.37. The van der Waals surface area contributed by atoms with Crippen molar-refractivity contribution in [1.82, 2.24) is 10.4 Å². The van der Waals surface area contributed by atoms with Crippen LogP contribution in [0.2, 0.25) is 0 Å². The SMILES string of the molecule is C#CC(CCc1cccnc1)NN. The van der Waals surface area contributed by atoms with Crippen LogP contribution in [0.5, 0.6) is 0 Å². The molecule has 1 aromatic heterocycles. The first-order chi connectivity index (χ1) is 6.36. The number of hydrogen-bond donors (Lipinski definition) is 2. The van der Waals surface area contributed by atoms with Crippen molar-refractivity contribution in [2.24, 2.45) is 5.84 Å². The van der Waals surface area contributed by atoms with E-state index >= 15 is 0 Å². The summed E-state index contributed by atoms with van der Waals surface area (Å²) in [5.74, 6) is 7.80. The molecule has 3 heteroatoms. The fourth-order valence-electron chi connectivity index (χ4n) is 1.07. The van der Waals surface area contributed by atoms with E-state index in [0.717, 1.165) is 12.8 Å². The molecule has 0 radical (unpaired) electrons. The van der Waals surface area contributed by atoms with Crippen molar-refractivity contribution in [3.05, 3.63) is 30.1 Å². The van der Waals surface area contributed by atoms with Gasteiger partial charge < -0.3 is 0 Å². The van der Waals surface area contributed by atoms with Crippen molar-refractivity contribution in [3.63, 3.8) is 0 Å². The second kappa shape index (κ2) is 5.31. The molecule has 1 heterocycles. The minimum Gasteiger partial charge on any atom is -0.270 e. The highest BCUT2D eigenvalue weighted by molar-refractivity contribution is 5.10. The van der Waals surface area contributed by atoms with Crippen LogP contribution in [0.25, 0.3) is 0 Å². The molecule has 0 aliphatic heterocycles. The highest BCUT2D eigenvalue weighted by atomic mass is 15.2.